The number of unbranched alkanes of at least 4 members (excludes halogenated alkanes) is 2. The minimum atomic E-state index is -0.798. The third-order valence-electron chi connectivity index (χ3n) is 2.94. The minimum Gasteiger partial charge on any atom is -0.462 e. The van der Waals surface area contributed by atoms with Crippen molar-refractivity contribution >= 4 is 23.5 Å². The van der Waals surface area contributed by atoms with E-state index in [0.29, 0.717) is 6.54 Å². The predicted molar refractivity (Wildman–Crippen MR) is 83.6 cm³/mol. The van der Waals surface area contributed by atoms with Gasteiger partial charge in [-0.05, 0) is 25.5 Å². The molecule has 0 saturated heterocycles. The zero-order chi connectivity index (χ0) is 16.4. The molecule has 6 nitrogen and oxygen atoms in total. The Bertz CT molecular complexity index is 529. The van der Waals surface area contributed by atoms with Gasteiger partial charge in [-0.1, -0.05) is 31.9 Å². The SMILES string of the molecule is CCCCCNC(=O)C(=O)Nc1ccccc1C(=O)OCC. The summed E-state index contributed by atoms with van der Waals surface area (Å²) < 4.78 is 4.91. The van der Waals surface area contributed by atoms with Gasteiger partial charge in [-0.15, -0.1) is 0 Å². The maximum Gasteiger partial charge on any atom is 0.340 e. The van der Waals surface area contributed by atoms with Crippen molar-refractivity contribution < 1.29 is 19.1 Å². The van der Waals surface area contributed by atoms with Crippen molar-refractivity contribution in [2.45, 2.75) is 33.1 Å². The van der Waals surface area contributed by atoms with Crippen molar-refractivity contribution in [3.8, 4) is 0 Å². The zero-order valence-corrected chi connectivity index (χ0v) is 13.0. The highest BCUT2D eigenvalue weighted by molar-refractivity contribution is 6.40. The lowest BCUT2D eigenvalue weighted by Gasteiger charge is -2.10. The summed E-state index contributed by atoms with van der Waals surface area (Å²) in [4.78, 5) is 35.3. The number of esters is 1. The van der Waals surface area contributed by atoms with Crippen LogP contribution in [-0.4, -0.2) is 30.9 Å². The lowest BCUT2D eigenvalue weighted by molar-refractivity contribution is -0.136. The van der Waals surface area contributed by atoms with Crippen molar-refractivity contribution in [2.24, 2.45) is 0 Å². The van der Waals surface area contributed by atoms with E-state index in [-0.39, 0.29) is 17.9 Å². The van der Waals surface area contributed by atoms with E-state index in [0.717, 1.165) is 19.3 Å². The molecule has 0 radical (unpaired) electrons. The van der Waals surface area contributed by atoms with E-state index in [9.17, 15) is 14.4 Å². The molecule has 0 aliphatic carbocycles. The number of nitrogens with one attached hydrogen (secondary N) is 2. The van der Waals surface area contributed by atoms with Gasteiger partial charge in [0, 0.05) is 6.54 Å². The molecule has 0 unspecified atom stereocenters. The monoisotopic (exact) mass is 306 g/mol. The van der Waals surface area contributed by atoms with E-state index in [1.165, 1.54) is 6.07 Å². The molecule has 0 atom stereocenters. The van der Waals surface area contributed by atoms with Gasteiger partial charge in [0.2, 0.25) is 0 Å². The first kappa shape index (κ1) is 17.7. The number of carbonyl (C=O) groups excluding carboxylic acids is 3. The maximum absolute atomic E-state index is 11.8. The lowest BCUT2D eigenvalue weighted by atomic mass is 10.2. The molecule has 1 aromatic rings. The Kier molecular flexibility index (Phi) is 7.67. The van der Waals surface area contributed by atoms with E-state index in [1.807, 2.05) is 0 Å². The molecule has 0 saturated carbocycles. The second-order valence-electron chi connectivity index (χ2n) is 4.68. The van der Waals surface area contributed by atoms with Crippen LogP contribution in [0.4, 0.5) is 5.69 Å². The first-order valence-electron chi connectivity index (χ1n) is 7.45. The average molecular weight is 306 g/mol. The zero-order valence-electron chi connectivity index (χ0n) is 13.0. The molecule has 0 heterocycles. The maximum atomic E-state index is 11.8. The van der Waals surface area contributed by atoms with Gasteiger partial charge in [0.15, 0.2) is 0 Å². The molecule has 0 bridgehead atoms. The van der Waals surface area contributed by atoms with Gasteiger partial charge in [0.05, 0.1) is 17.9 Å². The fourth-order valence-corrected chi connectivity index (χ4v) is 1.82. The van der Waals surface area contributed by atoms with Crippen molar-refractivity contribution in [3.05, 3.63) is 29.8 Å². The number of para-hydroxylation sites is 1. The fraction of sp³-hybridized carbons (Fsp3) is 0.438. The number of amides is 2. The van der Waals surface area contributed by atoms with E-state index in [1.54, 1.807) is 25.1 Å². The summed E-state index contributed by atoms with van der Waals surface area (Å²) in [5.41, 5.74) is 0.478. The Morgan fingerprint density at radius 2 is 1.77 bits per heavy atom. The summed E-state index contributed by atoms with van der Waals surface area (Å²) >= 11 is 0. The van der Waals surface area contributed by atoms with Crippen LogP contribution in [-0.2, 0) is 14.3 Å². The summed E-state index contributed by atoms with van der Waals surface area (Å²) in [6.45, 7) is 4.45. The number of rotatable bonds is 7. The number of carbonyl (C=O) groups is 3. The van der Waals surface area contributed by atoms with Crippen molar-refractivity contribution in [1.82, 2.24) is 5.32 Å². The standard InChI is InChI=1S/C16H22N2O4/c1-3-5-8-11-17-14(19)15(20)18-13-10-7-6-9-12(13)16(21)22-4-2/h6-7,9-10H,3-5,8,11H2,1-2H3,(H,17,19)(H,18,20). The van der Waals surface area contributed by atoms with E-state index >= 15 is 0 Å². The van der Waals surface area contributed by atoms with Gasteiger partial charge in [-0.25, -0.2) is 4.79 Å². The van der Waals surface area contributed by atoms with E-state index in [2.05, 4.69) is 17.6 Å². The third-order valence-corrected chi connectivity index (χ3v) is 2.94. The van der Waals surface area contributed by atoms with Gasteiger partial charge >= 0.3 is 17.8 Å². The van der Waals surface area contributed by atoms with Gasteiger partial charge in [0.1, 0.15) is 0 Å². The normalized spacial score (nSPS) is 9.91. The molecule has 0 aliphatic rings. The summed E-state index contributed by atoms with van der Waals surface area (Å²) in [6, 6.07) is 6.41. The number of ether oxygens (including phenoxy) is 1. The lowest BCUT2D eigenvalue weighted by Crippen LogP contribution is -2.36. The topological polar surface area (TPSA) is 84.5 Å². The van der Waals surface area contributed by atoms with Gasteiger partial charge in [-0.3, -0.25) is 9.59 Å². The molecular formula is C16H22N2O4. The van der Waals surface area contributed by atoms with Gasteiger partial charge in [0.25, 0.3) is 0 Å². The summed E-state index contributed by atoms with van der Waals surface area (Å²) in [7, 11) is 0. The first-order valence-corrected chi connectivity index (χ1v) is 7.45. The fourth-order valence-electron chi connectivity index (χ4n) is 1.82. The van der Waals surface area contributed by atoms with E-state index in [4.69, 9.17) is 4.74 Å². The van der Waals surface area contributed by atoms with Crippen LogP contribution in [0.15, 0.2) is 24.3 Å². The first-order chi connectivity index (χ1) is 10.6. The average Bonchev–Trinajstić information content (AvgIpc) is 2.52. The third kappa shape index (κ3) is 5.55. The van der Waals surface area contributed by atoms with Crippen LogP contribution >= 0.6 is 0 Å². The molecule has 0 spiro atoms. The van der Waals surface area contributed by atoms with Crippen LogP contribution in [0.2, 0.25) is 0 Å². The Labute approximate surface area is 130 Å². The van der Waals surface area contributed by atoms with Gasteiger partial charge in [-0.2, -0.15) is 0 Å². The van der Waals surface area contributed by atoms with E-state index < -0.39 is 17.8 Å². The Balaban J connectivity index is 2.64. The van der Waals surface area contributed by atoms with Crippen molar-refractivity contribution in [2.75, 3.05) is 18.5 Å². The summed E-state index contributed by atoms with van der Waals surface area (Å²) in [5, 5.41) is 4.98. The largest absolute Gasteiger partial charge is 0.462 e. The number of hydrogen-bond donors (Lipinski definition) is 2. The highest BCUT2D eigenvalue weighted by atomic mass is 16.5. The molecule has 6 heteroatoms. The summed E-state index contributed by atoms with van der Waals surface area (Å²) in [6.07, 6.45) is 2.86. The Morgan fingerprint density at radius 3 is 2.45 bits per heavy atom. The number of benzene rings is 1. The molecule has 120 valence electrons. The van der Waals surface area contributed by atoms with Crippen LogP contribution < -0.4 is 10.6 Å². The molecule has 1 rings (SSSR count). The molecular weight excluding hydrogens is 284 g/mol. The van der Waals surface area contributed by atoms with Crippen LogP contribution in [0, 0.1) is 0 Å². The smallest absolute Gasteiger partial charge is 0.340 e. The molecule has 2 amide bonds. The summed E-state index contributed by atoms with van der Waals surface area (Å²) in [5.74, 6) is -2.05. The highest BCUT2D eigenvalue weighted by Crippen LogP contribution is 2.16. The second kappa shape index (κ2) is 9.55. The number of hydrogen-bond acceptors (Lipinski definition) is 4. The molecule has 0 fully saturated rings. The van der Waals surface area contributed by atoms with Gasteiger partial charge < -0.3 is 15.4 Å². The Hall–Kier alpha value is -2.37. The van der Waals surface area contributed by atoms with Crippen LogP contribution in [0.3, 0.4) is 0 Å². The second-order valence-corrected chi connectivity index (χ2v) is 4.68. The molecule has 22 heavy (non-hydrogen) atoms. The predicted octanol–water partition coefficient (Wildman–Crippen LogP) is 2.11. The highest BCUT2D eigenvalue weighted by Gasteiger charge is 2.17. The molecule has 2 N–H and O–H groups in total. The quantitative estimate of drug-likeness (QED) is 0.459. The van der Waals surface area contributed by atoms with Crippen molar-refractivity contribution in [1.29, 1.82) is 0 Å². The number of anilines is 1. The Morgan fingerprint density at radius 1 is 1.05 bits per heavy atom. The molecule has 1 aromatic carbocycles. The van der Waals surface area contributed by atoms with Crippen LogP contribution in [0.5, 0.6) is 0 Å². The molecule has 0 aromatic heterocycles. The van der Waals surface area contributed by atoms with Crippen molar-refractivity contribution in [3.63, 3.8) is 0 Å². The minimum absolute atomic E-state index is 0.219. The van der Waals surface area contributed by atoms with Crippen LogP contribution in [0.25, 0.3) is 0 Å². The van der Waals surface area contributed by atoms with Crippen LogP contribution in [0.1, 0.15) is 43.5 Å². The molecule has 0 aliphatic heterocycles.